The van der Waals surface area contributed by atoms with Gasteiger partial charge in [0, 0.05) is 24.8 Å². The quantitative estimate of drug-likeness (QED) is 0.793. The molecule has 8 heteroatoms. The Kier molecular flexibility index (Phi) is 5.05. The molecule has 0 aliphatic carbocycles. The van der Waals surface area contributed by atoms with Gasteiger partial charge in [-0.15, -0.1) is 0 Å². The highest BCUT2D eigenvalue weighted by molar-refractivity contribution is 7.89. The fraction of sp³-hybridized carbons (Fsp3) is 0.308. The number of aryl methyl sites for hydroxylation is 1. The van der Waals surface area contributed by atoms with E-state index < -0.39 is 15.8 Å². The molecular weight excluding hydrogens is 295 g/mol. The van der Waals surface area contributed by atoms with Gasteiger partial charge in [0.1, 0.15) is 10.7 Å². The van der Waals surface area contributed by atoms with Crippen molar-refractivity contribution in [1.29, 1.82) is 0 Å². The number of nitrogens with two attached hydrogens (primary N) is 1. The van der Waals surface area contributed by atoms with Crippen LogP contribution >= 0.6 is 0 Å². The molecule has 0 radical (unpaired) electrons. The summed E-state index contributed by atoms with van der Waals surface area (Å²) in [5.74, 6) is -0.446. The maximum atomic E-state index is 13.4. The minimum atomic E-state index is -3.71. The third kappa shape index (κ3) is 4.10. The predicted molar refractivity (Wildman–Crippen MR) is 76.3 cm³/mol. The first-order chi connectivity index (χ1) is 10.0. The van der Waals surface area contributed by atoms with Gasteiger partial charge < -0.3 is 5.73 Å². The van der Waals surface area contributed by atoms with Crippen molar-refractivity contribution in [3.63, 3.8) is 0 Å². The Morgan fingerprint density at radius 3 is 2.81 bits per heavy atom. The number of nitrogens with zero attached hydrogens (tertiary/aromatic N) is 2. The van der Waals surface area contributed by atoms with Gasteiger partial charge in [-0.3, -0.25) is 4.68 Å². The summed E-state index contributed by atoms with van der Waals surface area (Å²) in [6.45, 7) is 0.954. The zero-order chi connectivity index (χ0) is 15.3. The number of rotatable bonds is 7. The summed E-state index contributed by atoms with van der Waals surface area (Å²) in [6.07, 6.45) is 3.41. The van der Waals surface area contributed by atoms with E-state index >= 15 is 0 Å². The Bertz CT molecular complexity index is 700. The van der Waals surface area contributed by atoms with Crippen molar-refractivity contribution >= 4 is 10.0 Å². The molecule has 21 heavy (non-hydrogen) atoms. The number of nitrogens with one attached hydrogen (secondary N) is 1. The molecule has 3 N–H and O–H groups in total. The molecule has 0 saturated carbocycles. The van der Waals surface area contributed by atoms with E-state index in [1.807, 2.05) is 0 Å². The molecule has 1 aromatic carbocycles. The monoisotopic (exact) mass is 312 g/mol. The topological polar surface area (TPSA) is 90.0 Å². The first-order valence-corrected chi connectivity index (χ1v) is 7.97. The summed E-state index contributed by atoms with van der Waals surface area (Å²) in [5.41, 5.74) is 5.68. The largest absolute Gasteiger partial charge is 0.330 e. The van der Waals surface area contributed by atoms with Crippen LogP contribution in [0.2, 0.25) is 0 Å². The van der Waals surface area contributed by atoms with Crippen LogP contribution < -0.4 is 10.5 Å². The van der Waals surface area contributed by atoms with Crippen LogP contribution in [0.5, 0.6) is 0 Å². The first-order valence-electron chi connectivity index (χ1n) is 6.48. The highest BCUT2D eigenvalue weighted by Crippen LogP contribution is 2.10. The fourth-order valence-corrected chi connectivity index (χ4v) is 2.72. The molecule has 0 unspecified atom stereocenters. The third-order valence-corrected chi connectivity index (χ3v) is 4.28. The number of aromatic nitrogens is 2. The number of hydrogen-bond donors (Lipinski definition) is 2. The second-order valence-corrected chi connectivity index (χ2v) is 6.26. The van der Waals surface area contributed by atoms with Crippen LogP contribution in [0.3, 0.4) is 0 Å². The van der Waals surface area contributed by atoms with Crippen LogP contribution in [0.15, 0.2) is 41.6 Å². The molecular formula is C13H17FN4O2S. The van der Waals surface area contributed by atoms with Gasteiger partial charge >= 0.3 is 0 Å². The smallest absolute Gasteiger partial charge is 0.243 e. The number of hydrogen-bond acceptors (Lipinski definition) is 4. The molecule has 0 aliphatic rings. The molecule has 0 fully saturated rings. The average molecular weight is 312 g/mol. The van der Waals surface area contributed by atoms with E-state index in [0.717, 1.165) is 0 Å². The van der Waals surface area contributed by atoms with E-state index in [-0.39, 0.29) is 17.0 Å². The van der Waals surface area contributed by atoms with Crippen LogP contribution in [-0.4, -0.2) is 24.7 Å². The zero-order valence-corrected chi connectivity index (χ0v) is 12.2. The molecule has 0 saturated heterocycles. The van der Waals surface area contributed by atoms with Gasteiger partial charge in [0.2, 0.25) is 10.0 Å². The van der Waals surface area contributed by atoms with Gasteiger partial charge in [-0.05, 0) is 19.0 Å². The maximum Gasteiger partial charge on any atom is 0.243 e. The van der Waals surface area contributed by atoms with E-state index in [0.29, 0.717) is 19.5 Å². The van der Waals surface area contributed by atoms with Gasteiger partial charge in [-0.2, -0.15) is 5.10 Å². The lowest BCUT2D eigenvalue weighted by Crippen LogP contribution is -2.23. The molecule has 0 atom stereocenters. The third-order valence-electron chi connectivity index (χ3n) is 2.92. The minimum Gasteiger partial charge on any atom is -0.330 e. The Morgan fingerprint density at radius 1 is 1.33 bits per heavy atom. The van der Waals surface area contributed by atoms with Crippen molar-refractivity contribution in [2.45, 2.75) is 24.4 Å². The average Bonchev–Trinajstić information content (AvgIpc) is 2.94. The summed E-state index contributed by atoms with van der Waals surface area (Å²) in [6, 6.07) is 6.02. The summed E-state index contributed by atoms with van der Waals surface area (Å²) in [5, 5.41) is 3.96. The van der Waals surface area contributed by atoms with Crippen LogP contribution in [0.25, 0.3) is 0 Å². The van der Waals surface area contributed by atoms with Crippen LogP contribution in [0.4, 0.5) is 4.39 Å². The first kappa shape index (κ1) is 15.6. The van der Waals surface area contributed by atoms with Gasteiger partial charge in [0.15, 0.2) is 0 Å². The molecule has 0 amide bonds. The molecule has 0 bridgehead atoms. The molecule has 6 nitrogen and oxygen atoms in total. The number of benzene rings is 1. The number of halogens is 1. The molecule has 1 aromatic heterocycles. The van der Waals surface area contributed by atoms with E-state index in [4.69, 9.17) is 5.73 Å². The Hall–Kier alpha value is -1.77. The van der Waals surface area contributed by atoms with Crippen molar-refractivity contribution in [2.75, 3.05) is 6.54 Å². The lowest BCUT2D eigenvalue weighted by Gasteiger charge is -2.05. The second kappa shape index (κ2) is 6.79. The highest BCUT2D eigenvalue weighted by atomic mass is 32.2. The Balaban J connectivity index is 2.05. The second-order valence-electron chi connectivity index (χ2n) is 4.50. The standard InChI is InChI=1S/C13H17FN4O2S/c14-13-5-2-1-4-11(13)8-17-21(19,20)12-9-16-18(10-12)7-3-6-15/h1-2,4-5,9-10,17H,3,6-8,15H2. The van der Waals surface area contributed by atoms with E-state index in [2.05, 4.69) is 9.82 Å². The summed E-state index contributed by atoms with van der Waals surface area (Å²) in [7, 11) is -3.71. The lowest BCUT2D eigenvalue weighted by molar-refractivity contribution is 0.571. The molecule has 0 spiro atoms. The van der Waals surface area contributed by atoms with Crippen LogP contribution in [0, 0.1) is 5.82 Å². The summed E-state index contributed by atoms with van der Waals surface area (Å²) in [4.78, 5) is 0.0517. The summed E-state index contributed by atoms with van der Waals surface area (Å²) >= 11 is 0. The van der Waals surface area contributed by atoms with Crippen LogP contribution in [-0.2, 0) is 23.1 Å². The van der Waals surface area contributed by atoms with Crippen molar-refractivity contribution in [2.24, 2.45) is 5.73 Å². The summed E-state index contributed by atoms with van der Waals surface area (Å²) < 4.78 is 41.5. The molecule has 2 rings (SSSR count). The predicted octanol–water partition coefficient (Wildman–Crippen LogP) is 0.849. The maximum absolute atomic E-state index is 13.4. The van der Waals surface area contributed by atoms with Gasteiger partial charge in [-0.1, -0.05) is 18.2 Å². The SMILES string of the molecule is NCCCn1cc(S(=O)(=O)NCc2ccccc2F)cn1. The number of sulfonamides is 1. The van der Waals surface area contributed by atoms with Crippen molar-refractivity contribution in [3.8, 4) is 0 Å². The fourth-order valence-electron chi connectivity index (χ4n) is 1.76. The Labute approximate surface area is 122 Å². The van der Waals surface area contributed by atoms with Gasteiger partial charge in [0.05, 0.1) is 6.20 Å². The lowest BCUT2D eigenvalue weighted by atomic mass is 10.2. The minimum absolute atomic E-state index is 0.0517. The van der Waals surface area contributed by atoms with Gasteiger partial charge in [-0.25, -0.2) is 17.5 Å². The van der Waals surface area contributed by atoms with Crippen LogP contribution in [0.1, 0.15) is 12.0 Å². The van der Waals surface area contributed by atoms with E-state index in [1.54, 1.807) is 12.1 Å². The molecule has 2 aromatic rings. The highest BCUT2D eigenvalue weighted by Gasteiger charge is 2.16. The zero-order valence-electron chi connectivity index (χ0n) is 11.4. The Morgan fingerprint density at radius 2 is 2.10 bits per heavy atom. The van der Waals surface area contributed by atoms with Crippen molar-refractivity contribution in [3.05, 3.63) is 48.0 Å². The van der Waals surface area contributed by atoms with E-state index in [9.17, 15) is 12.8 Å². The molecule has 0 aliphatic heterocycles. The normalized spacial score (nSPS) is 11.7. The van der Waals surface area contributed by atoms with Crippen molar-refractivity contribution in [1.82, 2.24) is 14.5 Å². The molecule has 1 heterocycles. The van der Waals surface area contributed by atoms with Crippen molar-refractivity contribution < 1.29 is 12.8 Å². The molecule has 114 valence electrons. The van der Waals surface area contributed by atoms with E-state index in [1.165, 1.54) is 29.2 Å². The van der Waals surface area contributed by atoms with Gasteiger partial charge in [0.25, 0.3) is 0 Å².